The van der Waals surface area contributed by atoms with Crippen LogP contribution in [-0.2, 0) is 6.18 Å². The van der Waals surface area contributed by atoms with Gasteiger partial charge < -0.3 is 0 Å². The highest BCUT2D eigenvalue weighted by atomic mass is 19.4. The summed E-state index contributed by atoms with van der Waals surface area (Å²) in [6.45, 7) is 0. The van der Waals surface area contributed by atoms with Gasteiger partial charge in [-0.05, 0) is 12.1 Å². The van der Waals surface area contributed by atoms with Crippen molar-refractivity contribution in [1.82, 2.24) is 9.38 Å². The number of halogens is 3. The Balaban J connectivity index is 3.00. The first kappa shape index (κ1) is 11.1. The minimum Gasteiger partial charge on any atom is -0.267 e. The summed E-state index contributed by atoms with van der Waals surface area (Å²) in [5.74, 6) is 0. The van der Waals surface area contributed by atoms with Crippen molar-refractivity contribution in [3.05, 3.63) is 46.1 Å². The van der Waals surface area contributed by atoms with E-state index in [-0.39, 0.29) is 5.52 Å². The number of nitriles is 1. The van der Waals surface area contributed by atoms with Gasteiger partial charge in [-0.25, -0.2) is 4.79 Å². The third-order valence-corrected chi connectivity index (χ3v) is 2.15. The molecule has 0 aromatic carbocycles. The lowest BCUT2D eigenvalue weighted by Gasteiger charge is -2.09. The fourth-order valence-electron chi connectivity index (χ4n) is 1.46. The summed E-state index contributed by atoms with van der Waals surface area (Å²) in [7, 11) is 0. The van der Waals surface area contributed by atoms with E-state index in [9.17, 15) is 18.0 Å². The lowest BCUT2D eigenvalue weighted by atomic mass is 10.2. The lowest BCUT2D eigenvalue weighted by molar-refractivity contribution is -0.141. The topological polar surface area (TPSA) is 58.2 Å². The fraction of sp³-hybridized carbons (Fsp3) is 0.100. The summed E-state index contributed by atoms with van der Waals surface area (Å²) < 4.78 is 38.6. The lowest BCUT2D eigenvalue weighted by Crippen LogP contribution is -2.24. The zero-order chi connectivity index (χ0) is 12.6. The molecule has 0 amide bonds. The standard InChI is InChI=1S/C10H4F3N3O/c11-10(12,13)8-6(5-14)7-3-1-2-4-16(7)9(17)15-8/h1-4H. The number of fused-ring (bicyclic) bond motifs is 1. The van der Waals surface area contributed by atoms with Gasteiger partial charge in [0.25, 0.3) is 0 Å². The van der Waals surface area contributed by atoms with E-state index >= 15 is 0 Å². The highest BCUT2D eigenvalue weighted by molar-refractivity contribution is 5.62. The molecule has 0 saturated heterocycles. The van der Waals surface area contributed by atoms with Crippen LogP contribution in [-0.4, -0.2) is 9.38 Å². The van der Waals surface area contributed by atoms with Crippen LogP contribution in [0.25, 0.3) is 5.52 Å². The zero-order valence-electron chi connectivity index (χ0n) is 8.19. The number of pyridine rings is 1. The maximum atomic E-state index is 12.6. The third kappa shape index (κ3) is 1.73. The maximum Gasteiger partial charge on any atom is 0.434 e. The molecule has 0 N–H and O–H groups in total. The van der Waals surface area contributed by atoms with Crippen molar-refractivity contribution >= 4 is 5.52 Å². The Hall–Kier alpha value is -2.36. The van der Waals surface area contributed by atoms with Crippen LogP contribution in [0, 0.1) is 11.3 Å². The number of hydrogen-bond donors (Lipinski definition) is 0. The summed E-state index contributed by atoms with van der Waals surface area (Å²) in [6.07, 6.45) is -3.57. The van der Waals surface area contributed by atoms with Gasteiger partial charge in [-0.1, -0.05) is 6.07 Å². The summed E-state index contributed by atoms with van der Waals surface area (Å²) in [6, 6.07) is 5.59. The van der Waals surface area contributed by atoms with E-state index in [1.807, 2.05) is 0 Å². The molecule has 0 saturated carbocycles. The van der Waals surface area contributed by atoms with Crippen LogP contribution in [0.15, 0.2) is 29.2 Å². The second kappa shape index (κ2) is 3.59. The average molecular weight is 239 g/mol. The highest BCUT2D eigenvalue weighted by Gasteiger charge is 2.37. The van der Waals surface area contributed by atoms with Gasteiger partial charge >= 0.3 is 11.9 Å². The van der Waals surface area contributed by atoms with E-state index in [0.717, 1.165) is 4.40 Å². The minimum atomic E-state index is -4.82. The Bertz CT molecular complexity index is 682. The quantitative estimate of drug-likeness (QED) is 0.701. The van der Waals surface area contributed by atoms with Gasteiger partial charge in [-0.3, -0.25) is 4.40 Å². The van der Waals surface area contributed by atoms with Crippen LogP contribution >= 0.6 is 0 Å². The monoisotopic (exact) mass is 239 g/mol. The highest BCUT2D eigenvalue weighted by Crippen LogP contribution is 2.30. The average Bonchev–Trinajstić information content (AvgIpc) is 2.28. The molecule has 7 heteroatoms. The van der Waals surface area contributed by atoms with Crippen molar-refractivity contribution in [2.45, 2.75) is 6.18 Å². The third-order valence-electron chi connectivity index (χ3n) is 2.15. The molecule has 0 atom stereocenters. The van der Waals surface area contributed by atoms with E-state index < -0.39 is 23.1 Å². The zero-order valence-corrected chi connectivity index (χ0v) is 8.19. The second-order valence-electron chi connectivity index (χ2n) is 3.18. The minimum absolute atomic E-state index is 0.109. The van der Waals surface area contributed by atoms with Gasteiger partial charge in [0.1, 0.15) is 11.6 Å². The first-order valence-electron chi connectivity index (χ1n) is 4.44. The Morgan fingerprint density at radius 2 is 2.06 bits per heavy atom. The van der Waals surface area contributed by atoms with Crippen molar-refractivity contribution in [1.29, 1.82) is 5.26 Å². The summed E-state index contributed by atoms with van der Waals surface area (Å²) in [5, 5.41) is 8.77. The van der Waals surface area contributed by atoms with Gasteiger partial charge in [0.05, 0.1) is 5.52 Å². The van der Waals surface area contributed by atoms with Crippen LogP contribution in [0.1, 0.15) is 11.3 Å². The van der Waals surface area contributed by atoms with E-state index in [1.165, 1.54) is 30.5 Å². The molecule has 0 spiro atoms. The molecule has 0 aliphatic heterocycles. The van der Waals surface area contributed by atoms with E-state index in [4.69, 9.17) is 5.26 Å². The molecule has 0 aliphatic rings. The maximum absolute atomic E-state index is 12.6. The molecule has 2 aromatic rings. The van der Waals surface area contributed by atoms with Crippen molar-refractivity contribution in [3.8, 4) is 6.07 Å². The van der Waals surface area contributed by atoms with Crippen LogP contribution in [0.2, 0.25) is 0 Å². The largest absolute Gasteiger partial charge is 0.434 e. The van der Waals surface area contributed by atoms with Crippen LogP contribution in [0.5, 0.6) is 0 Å². The molecule has 4 nitrogen and oxygen atoms in total. The van der Waals surface area contributed by atoms with Crippen LogP contribution < -0.4 is 5.69 Å². The molecule has 0 fully saturated rings. The van der Waals surface area contributed by atoms with Crippen molar-refractivity contribution < 1.29 is 13.2 Å². The Kier molecular flexibility index (Phi) is 2.35. The molecule has 2 rings (SSSR count). The van der Waals surface area contributed by atoms with Crippen molar-refractivity contribution in [2.24, 2.45) is 0 Å². The normalized spacial score (nSPS) is 11.4. The van der Waals surface area contributed by atoms with Crippen LogP contribution in [0.4, 0.5) is 13.2 Å². The van der Waals surface area contributed by atoms with Gasteiger partial charge in [-0.15, -0.1) is 0 Å². The first-order chi connectivity index (χ1) is 7.95. The number of aromatic nitrogens is 2. The fourth-order valence-corrected chi connectivity index (χ4v) is 1.46. The second-order valence-corrected chi connectivity index (χ2v) is 3.18. The number of alkyl halides is 3. The Morgan fingerprint density at radius 1 is 1.35 bits per heavy atom. The molecule has 17 heavy (non-hydrogen) atoms. The number of rotatable bonds is 0. The molecule has 86 valence electrons. The molecule has 2 heterocycles. The van der Waals surface area contributed by atoms with Crippen molar-refractivity contribution in [2.75, 3.05) is 0 Å². The molecular formula is C10H4F3N3O. The van der Waals surface area contributed by atoms with Gasteiger partial charge in [0.2, 0.25) is 0 Å². The molecule has 0 unspecified atom stereocenters. The van der Waals surface area contributed by atoms with E-state index in [2.05, 4.69) is 4.98 Å². The summed E-state index contributed by atoms with van der Waals surface area (Å²) in [5.41, 5.74) is -3.27. The summed E-state index contributed by atoms with van der Waals surface area (Å²) >= 11 is 0. The molecular weight excluding hydrogens is 235 g/mol. The first-order valence-corrected chi connectivity index (χ1v) is 4.44. The van der Waals surface area contributed by atoms with E-state index in [1.54, 1.807) is 0 Å². The van der Waals surface area contributed by atoms with Gasteiger partial charge in [0, 0.05) is 6.20 Å². The van der Waals surface area contributed by atoms with Gasteiger partial charge in [-0.2, -0.15) is 23.4 Å². The predicted molar refractivity (Wildman–Crippen MR) is 51.2 cm³/mol. The Labute approximate surface area is 92.6 Å². The molecule has 2 aromatic heterocycles. The summed E-state index contributed by atoms with van der Waals surface area (Å²) in [4.78, 5) is 14.3. The van der Waals surface area contributed by atoms with E-state index in [0.29, 0.717) is 0 Å². The molecule has 0 radical (unpaired) electrons. The van der Waals surface area contributed by atoms with Crippen LogP contribution in [0.3, 0.4) is 0 Å². The number of hydrogen-bond acceptors (Lipinski definition) is 3. The Morgan fingerprint density at radius 3 is 2.65 bits per heavy atom. The molecule has 0 bridgehead atoms. The molecule has 0 aliphatic carbocycles. The number of nitrogens with zero attached hydrogens (tertiary/aromatic N) is 3. The van der Waals surface area contributed by atoms with Crippen molar-refractivity contribution in [3.63, 3.8) is 0 Å². The van der Waals surface area contributed by atoms with Gasteiger partial charge in [0.15, 0.2) is 5.69 Å². The smallest absolute Gasteiger partial charge is 0.267 e. The predicted octanol–water partition coefficient (Wildman–Crippen LogP) is 1.58. The SMILES string of the molecule is N#Cc1c(C(F)(F)F)nc(=O)n2ccccc12.